The minimum Gasteiger partial charge on any atom is -0.350 e. The van der Waals surface area contributed by atoms with Crippen LogP contribution in [0.3, 0.4) is 0 Å². The largest absolute Gasteiger partial charge is 0.350 e. The lowest BCUT2D eigenvalue weighted by Crippen LogP contribution is -1.93. The molecule has 1 aromatic carbocycles. The van der Waals surface area contributed by atoms with Crippen LogP contribution in [0.4, 0.5) is 0 Å². The van der Waals surface area contributed by atoms with E-state index in [0.717, 1.165) is 12.8 Å². The fraction of sp³-hybridized carbons (Fsp3) is 0.389. The highest BCUT2D eigenvalue weighted by Crippen LogP contribution is 2.32. The smallest absolute Gasteiger partial charge is 0.0483 e. The normalized spacial score (nSPS) is 12.4. The van der Waals surface area contributed by atoms with Crippen molar-refractivity contribution in [2.75, 3.05) is 0 Å². The van der Waals surface area contributed by atoms with Gasteiger partial charge in [-0.15, -0.1) is 5.73 Å². The number of fused-ring (bicyclic) bond motifs is 1. The van der Waals surface area contributed by atoms with E-state index in [0.29, 0.717) is 5.92 Å². The molecule has 0 N–H and O–H groups in total. The predicted molar refractivity (Wildman–Crippen MR) is 83.7 cm³/mol. The molecule has 1 aromatic heterocycles. The minimum atomic E-state index is 0.510. The molecule has 1 heterocycles. The molecule has 0 saturated carbocycles. The number of aryl methyl sites for hydroxylation is 2. The lowest BCUT2D eigenvalue weighted by Gasteiger charge is -2.10. The summed E-state index contributed by atoms with van der Waals surface area (Å²) in [6.07, 6.45) is 7.66. The third-order valence-corrected chi connectivity index (χ3v) is 3.80. The summed E-state index contributed by atoms with van der Waals surface area (Å²) in [6.45, 7) is 8.18. The van der Waals surface area contributed by atoms with Crippen LogP contribution in [0.5, 0.6) is 0 Å². The lowest BCUT2D eigenvalue weighted by atomic mass is 9.93. The minimum absolute atomic E-state index is 0.510. The van der Waals surface area contributed by atoms with Crippen molar-refractivity contribution in [3.05, 3.63) is 53.9 Å². The van der Waals surface area contributed by atoms with Gasteiger partial charge in [0.15, 0.2) is 0 Å². The highest BCUT2D eigenvalue weighted by Gasteiger charge is 2.14. The van der Waals surface area contributed by atoms with Crippen LogP contribution in [0.15, 0.2) is 42.8 Å². The molecular weight excluding hydrogens is 230 g/mol. The zero-order valence-electron chi connectivity index (χ0n) is 12.2. The molecule has 0 radical (unpaired) electrons. The van der Waals surface area contributed by atoms with Gasteiger partial charge in [0.1, 0.15) is 0 Å². The number of benzene rings is 1. The van der Waals surface area contributed by atoms with Gasteiger partial charge in [0.25, 0.3) is 0 Å². The van der Waals surface area contributed by atoms with E-state index in [9.17, 15) is 0 Å². The Morgan fingerprint density at radius 2 is 2.21 bits per heavy atom. The van der Waals surface area contributed by atoms with Crippen molar-refractivity contribution in [2.24, 2.45) is 7.05 Å². The van der Waals surface area contributed by atoms with Crippen molar-refractivity contribution in [1.29, 1.82) is 0 Å². The van der Waals surface area contributed by atoms with Crippen molar-refractivity contribution in [2.45, 2.75) is 39.0 Å². The number of rotatable bonds is 5. The van der Waals surface area contributed by atoms with E-state index in [2.05, 4.69) is 62.2 Å². The second kappa shape index (κ2) is 5.95. The van der Waals surface area contributed by atoms with E-state index >= 15 is 0 Å². The van der Waals surface area contributed by atoms with Gasteiger partial charge < -0.3 is 4.57 Å². The maximum Gasteiger partial charge on any atom is 0.0483 e. The topological polar surface area (TPSA) is 4.93 Å². The lowest BCUT2D eigenvalue weighted by molar-refractivity contribution is 0.779. The van der Waals surface area contributed by atoms with E-state index in [-0.39, 0.29) is 0 Å². The molecule has 0 bridgehead atoms. The van der Waals surface area contributed by atoms with Crippen LogP contribution in [-0.2, 0) is 13.5 Å². The summed E-state index contributed by atoms with van der Waals surface area (Å²) >= 11 is 0. The average Bonchev–Trinajstić information content (AvgIpc) is 2.75. The van der Waals surface area contributed by atoms with Crippen molar-refractivity contribution < 1.29 is 0 Å². The Hall–Kier alpha value is -1.72. The summed E-state index contributed by atoms with van der Waals surface area (Å²) in [4.78, 5) is 0. The van der Waals surface area contributed by atoms with Crippen molar-refractivity contribution in [1.82, 2.24) is 4.57 Å². The van der Waals surface area contributed by atoms with Crippen molar-refractivity contribution in [3.63, 3.8) is 0 Å². The first-order valence-corrected chi connectivity index (χ1v) is 7.10. The summed E-state index contributed by atoms with van der Waals surface area (Å²) in [6, 6.07) is 6.66. The van der Waals surface area contributed by atoms with E-state index in [4.69, 9.17) is 0 Å². The number of hydrogen-bond acceptors (Lipinski definition) is 0. The van der Waals surface area contributed by atoms with Gasteiger partial charge >= 0.3 is 0 Å². The van der Waals surface area contributed by atoms with Crippen molar-refractivity contribution in [3.8, 4) is 0 Å². The Bertz CT molecular complexity index is 612. The fourth-order valence-corrected chi connectivity index (χ4v) is 2.79. The van der Waals surface area contributed by atoms with Gasteiger partial charge in [-0.1, -0.05) is 39.0 Å². The van der Waals surface area contributed by atoms with Gasteiger partial charge in [0.2, 0.25) is 0 Å². The Labute approximate surface area is 116 Å². The third kappa shape index (κ3) is 2.67. The molecule has 2 rings (SSSR count). The molecule has 0 aliphatic rings. The molecule has 0 aliphatic heterocycles. The molecule has 2 aromatic rings. The van der Waals surface area contributed by atoms with E-state index < -0.39 is 0 Å². The molecule has 0 saturated heterocycles. The molecule has 0 aliphatic carbocycles. The first kappa shape index (κ1) is 13.7. The Morgan fingerprint density at radius 3 is 2.89 bits per heavy atom. The molecule has 1 nitrogen and oxygen atoms in total. The van der Waals surface area contributed by atoms with Gasteiger partial charge in [-0.3, -0.25) is 0 Å². The zero-order valence-corrected chi connectivity index (χ0v) is 12.2. The highest BCUT2D eigenvalue weighted by atomic mass is 14.9. The summed E-state index contributed by atoms with van der Waals surface area (Å²) in [5, 5.41) is 1.46. The van der Waals surface area contributed by atoms with Crippen LogP contribution >= 0.6 is 0 Å². The summed E-state index contributed by atoms with van der Waals surface area (Å²) in [5.41, 5.74) is 7.15. The molecule has 0 spiro atoms. The average molecular weight is 253 g/mol. The monoisotopic (exact) mass is 253 g/mol. The predicted octanol–water partition coefficient (Wildman–Crippen LogP) is 4.97. The molecular formula is C18H23N. The molecule has 1 heteroatoms. The van der Waals surface area contributed by atoms with Gasteiger partial charge in [-0.25, -0.2) is 0 Å². The van der Waals surface area contributed by atoms with Gasteiger partial charge in [-0.05, 0) is 42.0 Å². The van der Waals surface area contributed by atoms with E-state index in [1.54, 1.807) is 0 Å². The Kier molecular flexibility index (Phi) is 4.29. The Balaban J connectivity index is 2.56. The highest BCUT2D eigenvalue weighted by molar-refractivity contribution is 5.88. The maximum atomic E-state index is 3.66. The van der Waals surface area contributed by atoms with Gasteiger partial charge in [0, 0.05) is 24.1 Å². The SMILES string of the molecule is C=C=CCC(C)c1cn(C)c2cccc(CCC)c12. The van der Waals surface area contributed by atoms with Crippen LogP contribution in [0, 0.1) is 0 Å². The van der Waals surface area contributed by atoms with Crippen LogP contribution in [-0.4, -0.2) is 4.57 Å². The molecule has 19 heavy (non-hydrogen) atoms. The molecule has 1 atom stereocenters. The van der Waals surface area contributed by atoms with Crippen LogP contribution < -0.4 is 0 Å². The number of aromatic nitrogens is 1. The second-order valence-corrected chi connectivity index (χ2v) is 5.30. The van der Waals surface area contributed by atoms with Crippen molar-refractivity contribution >= 4 is 10.9 Å². The van der Waals surface area contributed by atoms with E-state index in [1.807, 2.05) is 6.08 Å². The first-order valence-electron chi connectivity index (χ1n) is 7.10. The summed E-state index contributed by atoms with van der Waals surface area (Å²) in [5.74, 6) is 0.510. The molecule has 1 unspecified atom stereocenters. The number of nitrogens with zero attached hydrogens (tertiary/aromatic N) is 1. The Morgan fingerprint density at radius 1 is 1.42 bits per heavy atom. The zero-order chi connectivity index (χ0) is 13.8. The maximum absolute atomic E-state index is 3.66. The van der Waals surface area contributed by atoms with Gasteiger partial charge in [-0.2, -0.15) is 0 Å². The fourth-order valence-electron chi connectivity index (χ4n) is 2.79. The van der Waals surface area contributed by atoms with E-state index in [1.165, 1.54) is 28.5 Å². The number of allylic oxidation sites excluding steroid dienone is 1. The molecule has 0 fully saturated rings. The van der Waals surface area contributed by atoms with Crippen LogP contribution in [0.2, 0.25) is 0 Å². The summed E-state index contributed by atoms with van der Waals surface area (Å²) < 4.78 is 2.25. The number of hydrogen-bond donors (Lipinski definition) is 0. The quantitative estimate of drug-likeness (QED) is 0.663. The van der Waals surface area contributed by atoms with Crippen LogP contribution in [0.1, 0.15) is 43.7 Å². The van der Waals surface area contributed by atoms with Crippen LogP contribution in [0.25, 0.3) is 10.9 Å². The second-order valence-electron chi connectivity index (χ2n) is 5.30. The summed E-state index contributed by atoms with van der Waals surface area (Å²) in [7, 11) is 2.14. The molecule has 0 amide bonds. The molecule has 100 valence electrons. The first-order chi connectivity index (χ1) is 9.19. The third-order valence-electron chi connectivity index (χ3n) is 3.80. The van der Waals surface area contributed by atoms with Gasteiger partial charge in [0.05, 0.1) is 0 Å². The standard InChI is InChI=1S/C18H23N/c1-5-7-10-14(3)16-13-19(4)17-12-8-11-15(9-6-2)18(16)17/h7-8,11-14H,1,6,9-10H2,2-4H3.